The predicted molar refractivity (Wildman–Crippen MR) is 119 cm³/mol. The summed E-state index contributed by atoms with van der Waals surface area (Å²) in [6.07, 6.45) is 4.17. The predicted octanol–water partition coefficient (Wildman–Crippen LogP) is 3.40. The number of nitrogens with one attached hydrogen (secondary N) is 1. The number of benzene rings is 2. The second-order valence-corrected chi connectivity index (χ2v) is 8.18. The van der Waals surface area contributed by atoms with Gasteiger partial charge in [-0.2, -0.15) is 0 Å². The smallest absolute Gasteiger partial charge is 0.225 e. The molecule has 1 fully saturated rings. The van der Waals surface area contributed by atoms with Crippen LogP contribution >= 0.6 is 0 Å². The zero-order valence-corrected chi connectivity index (χ0v) is 17.2. The zero-order chi connectivity index (χ0) is 21.2. The molecular weight excluding hydrogens is 391 g/mol. The fraction of sp³-hybridized carbons (Fsp3) is 0.280. The summed E-state index contributed by atoms with van der Waals surface area (Å²) in [5.74, 6) is -0.394. The average Bonchev–Trinajstić information content (AvgIpc) is 2.82. The van der Waals surface area contributed by atoms with E-state index in [1.54, 1.807) is 18.5 Å². The first-order valence-corrected chi connectivity index (χ1v) is 10.7. The number of anilines is 2. The molecule has 2 aromatic carbocycles. The number of rotatable bonds is 4. The molecule has 0 radical (unpaired) electrons. The molecule has 0 aliphatic carbocycles. The first-order chi connectivity index (χ1) is 15.2. The molecule has 0 saturated carbocycles. The first-order valence-electron chi connectivity index (χ1n) is 10.7. The van der Waals surface area contributed by atoms with Crippen molar-refractivity contribution in [3.8, 4) is 0 Å². The number of carbonyl (C=O) groups is 1. The van der Waals surface area contributed by atoms with Crippen LogP contribution in [0.15, 0.2) is 73.1 Å². The van der Waals surface area contributed by atoms with Crippen LogP contribution < -0.4 is 15.1 Å². The Balaban J connectivity index is 1.41. The second-order valence-electron chi connectivity index (χ2n) is 8.18. The van der Waals surface area contributed by atoms with E-state index in [2.05, 4.69) is 32.2 Å². The number of hydrogen-bond donors (Lipinski definition) is 1. The quantitative estimate of drug-likeness (QED) is 0.708. The highest BCUT2D eigenvalue weighted by Gasteiger charge is 2.41. The average molecular weight is 417 g/mol. The summed E-state index contributed by atoms with van der Waals surface area (Å²) in [6.45, 7) is 2.53. The largest absolute Gasteiger partial charge is 0.365 e. The summed E-state index contributed by atoms with van der Waals surface area (Å²) in [4.78, 5) is 21.8. The number of carbonyl (C=O) groups excluding carboxylic acids is 1. The number of halogens is 1. The lowest BCUT2D eigenvalue weighted by atomic mass is 9.83. The van der Waals surface area contributed by atoms with Crippen LogP contribution in [0.2, 0.25) is 0 Å². The van der Waals surface area contributed by atoms with Crippen molar-refractivity contribution < 1.29 is 9.18 Å². The van der Waals surface area contributed by atoms with Gasteiger partial charge in [0.1, 0.15) is 5.82 Å². The molecule has 3 heterocycles. The maximum atomic E-state index is 14.5. The molecule has 1 aromatic heterocycles. The van der Waals surface area contributed by atoms with Gasteiger partial charge in [-0.15, -0.1) is 0 Å². The molecule has 31 heavy (non-hydrogen) atoms. The molecule has 0 unspecified atom stereocenters. The number of pyridine rings is 1. The molecule has 3 aromatic rings. The van der Waals surface area contributed by atoms with Crippen molar-refractivity contribution in [2.75, 3.05) is 29.4 Å². The lowest BCUT2D eigenvalue weighted by Crippen LogP contribution is -2.61. The number of nitrogens with zero attached hydrogens (tertiary/aromatic N) is 3. The van der Waals surface area contributed by atoms with Crippen molar-refractivity contribution in [2.24, 2.45) is 5.92 Å². The molecule has 2 aliphatic heterocycles. The normalized spacial score (nSPS) is 20.0. The Labute approximate surface area is 181 Å². The maximum Gasteiger partial charge on any atom is 0.225 e. The van der Waals surface area contributed by atoms with Gasteiger partial charge in [0, 0.05) is 44.3 Å². The standard InChI is InChI=1S/C25H25FN4O/c26-21-8-2-4-10-23(21)29-12-13-30-22-9-3-1-7-19(22)14-20(24(30)17-29)25(31)28-16-18-6-5-11-27-15-18/h1-11,15,20,24H,12-14,16-17H2,(H,28,31)/t20-,24-/m1/s1. The van der Waals surface area contributed by atoms with Gasteiger partial charge < -0.3 is 15.1 Å². The van der Waals surface area contributed by atoms with Gasteiger partial charge in [-0.05, 0) is 41.8 Å². The Hall–Kier alpha value is -3.41. The van der Waals surface area contributed by atoms with Gasteiger partial charge in [0.25, 0.3) is 0 Å². The van der Waals surface area contributed by atoms with Crippen molar-refractivity contribution >= 4 is 17.3 Å². The summed E-state index contributed by atoms with van der Waals surface area (Å²) in [7, 11) is 0. The molecule has 0 bridgehead atoms. The van der Waals surface area contributed by atoms with Gasteiger partial charge in [0.05, 0.1) is 17.6 Å². The molecule has 5 rings (SSSR count). The Morgan fingerprint density at radius 2 is 1.84 bits per heavy atom. The van der Waals surface area contributed by atoms with Crippen LogP contribution in [0.3, 0.4) is 0 Å². The van der Waals surface area contributed by atoms with Gasteiger partial charge in [-0.3, -0.25) is 9.78 Å². The van der Waals surface area contributed by atoms with E-state index in [0.717, 1.165) is 18.7 Å². The fourth-order valence-electron chi connectivity index (χ4n) is 4.81. The highest BCUT2D eigenvalue weighted by atomic mass is 19.1. The van der Waals surface area contributed by atoms with Crippen LogP contribution in [-0.4, -0.2) is 36.6 Å². The third kappa shape index (κ3) is 3.85. The van der Waals surface area contributed by atoms with Gasteiger partial charge in [0.2, 0.25) is 5.91 Å². The molecule has 6 heteroatoms. The fourth-order valence-corrected chi connectivity index (χ4v) is 4.81. The van der Waals surface area contributed by atoms with Gasteiger partial charge >= 0.3 is 0 Å². The van der Waals surface area contributed by atoms with E-state index in [-0.39, 0.29) is 23.7 Å². The molecule has 5 nitrogen and oxygen atoms in total. The van der Waals surface area contributed by atoms with Crippen LogP contribution in [0.5, 0.6) is 0 Å². The molecule has 0 spiro atoms. The van der Waals surface area contributed by atoms with Crippen molar-refractivity contribution in [3.05, 3.63) is 90.0 Å². The highest BCUT2D eigenvalue weighted by Crippen LogP contribution is 2.37. The molecule has 1 saturated heterocycles. The summed E-state index contributed by atoms with van der Waals surface area (Å²) < 4.78 is 14.5. The summed E-state index contributed by atoms with van der Waals surface area (Å²) in [5, 5.41) is 3.10. The van der Waals surface area contributed by atoms with E-state index in [4.69, 9.17) is 0 Å². The summed E-state index contributed by atoms with van der Waals surface area (Å²) in [5.41, 5.74) is 3.97. The van der Waals surface area contributed by atoms with Crippen LogP contribution in [-0.2, 0) is 17.8 Å². The Kier molecular flexibility index (Phi) is 5.28. The van der Waals surface area contributed by atoms with Crippen molar-refractivity contribution in [1.82, 2.24) is 10.3 Å². The van der Waals surface area contributed by atoms with E-state index >= 15 is 0 Å². The molecule has 1 N–H and O–H groups in total. The lowest BCUT2D eigenvalue weighted by molar-refractivity contribution is -0.126. The number of fused-ring (bicyclic) bond motifs is 3. The van der Waals surface area contributed by atoms with E-state index in [0.29, 0.717) is 25.2 Å². The SMILES string of the molecule is O=C(NCc1cccnc1)[C@@H]1Cc2ccccc2N2CCN(c3ccccc3F)C[C@H]12. The van der Waals surface area contributed by atoms with E-state index in [1.165, 1.54) is 17.3 Å². The minimum absolute atomic E-state index is 0.0165. The molecule has 1 amide bonds. The van der Waals surface area contributed by atoms with Crippen LogP contribution in [0, 0.1) is 11.7 Å². The lowest BCUT2D eigenvalue weighted by Gasteiger charge is -2.49. The number of hydrogen-bond acceptors (Lipinski definition) is 4. The van der Waals surface area contributed by atoms with E-state index in [9.17, 15) is 9.18 Å². The third-order valence-electron chi connectivity index (χ3n) is 6.34. The maximum absolute atomic E-state index is 14.5. The van der Waals surface area contributed by atoms with Crippen LogP contribution in [0.4, 0.5) is 15.8 Å². The minimum Gasteiger partial charge on any atom is -0.365 e. The zero-order valence-electron chi connectivity index (χ0n) is 17.2. The van der Waals surface area contributed by atoms with Gasteiger partial charge in [-0.25, -0.2) is 4.39 Å². The summed E-state index contributed by atoms with van der Waals surface area (Å²) in [6, 6.07) is 19.0. The molecule has 2 atom stereocenters. The number of amides is 1. The van der Waals surface area contributed by atoms with Crippen molar-refractivity contribution in [1.29, 1.82) is 0 Å². The number of piperazine rings is 1. The third-order valence-corrected chi connectivity index (χ3v) is 6.34. The van der Waals surface area contributed by atoms with Crippen LogP contribution in [0.25, 0.3) is 0 Å². The number of aromatic nitrogens is 1. The van der Waals surface area contributed by atoms with Crippen LogP contribution in [0.1, 0.15) is 11.1 Å². The second kappa shape index (κ2) is 8.38. The first kappa shape index (κ1) is 19.5. The Bertz CT molecular complexity index is 1070. The Morgan fingerprint density at radius 1 is 1.03 bits per heavy atom. The highest BCUT2D eigenvalue weighted by molar-refractivity contribution is 5.82. The summed E-state index contributed by atoms with van der Waals surface area (Å²) >= 11 is 0. The molecule has 158 valence electrons. The van der Waals surface area contributed by atoms with Gasteiger partial charge in [0.15, 0.2) is 0 Å². The van der Waals surface area contributed by atoms with E-state index < -0.39 is 0 Å². The topological polar surface area (TPSA) is 48.5 Å². The molecular formula is C25H25FN4O. The number of para-hydroxylation sites is 2. The minimum atomic E-state index is -0.218. The van der Waals surface area contributed by atoms with E-state index in [1.807, 2.05) is 36.4 Å². The monoisotopic (exact) mass is 416 g/mol. The van der Waals surface area contributed by atoms with Gasteiger partial charge in [-0.1, -0.05) is 36.4 Å². The molecule has 2 aliphatic rings. The van der Waals surface area contributed by atoms with Crippen molar-refractivity contribution in [3.63, 3.8) is 0 Å². The van der Waals surface area contributed by atoms with Crippen molar-refractivity contribution in [2.45, 2.75) is 19.0 Å². The Morgan fingerprint density at radius 3 is 2.65 bits per heavy atom.